The van der Waals surface area contributed by atoms with Crippen LogP contribution in [-0.2, 0) is 11.3 Å². The minimum atomic E-state index is -0.392. The average molecular weight is 447 g/mol. The van der Waals surface area contributed by atoms with Gasteiger partial charge in [0.05, 0.1) is 32.2 Å². The molecule has 4 rings (SSSR count). The Bertz CT molecular complexity index is 1110. The molecule has 1 fully saturated rings. The third-order valence-electron chi connectivity index (χ3n) is 5.33. The van der Waals surface area contributed by atoms with E-state index in [9.17, 15) is 9.59 Å². The molecular formula is C25H25N3O5. The summed E-state index contributed by atoms with van der Waals surface area (Å²) in [5.74, 6) is 1.49. The van der Waals surface area contributed by atoms with Crippen LogP contribution < -0.4 is 9.47 Å². The quantitative estimate of drug-likeness (QED) is 0.456. The summed E-state index contributed by atoms with van der Waals surface area (Å²) in [5, 5.41) is 0. The molecule has 0 atom stereocenters. The van der Waals surface area contributed by atoms with E-state index in [1.807, 2.05) is 24.3 Å². The number of amides is 1. The number of ether oxygens (including phenoxy) is 3. The summed E-state index contributed by atoms with van der Waals surface area (Å²) >= 11 is 0. The normalized spacial score (nSPS) is 12.7. The first-order valence-corrected chi connectivity index (χ1v) is 10.7. The lowest BCUT2D eigenvalue weighted by molar-refractivity contribution is 0.0600. The maximum atomic E-state index is 13.2. The zero-order valence-corrected chi connectivity index (χ0v) is 18.6. The molecule has 0 N–H and O–H groups in total. The molecule has 1 aromatic heterocycles. The Morgan fingerprint density at radius 1 is 0.970 bits per heavy atom. The van der Waals surface area contributed by atoms with E-state index < -0.39 is 5.97 Å². The molecule has 0 radical (unpaired) electrons. The topological polar surface area (TPSA) is 90.9 Å². The molecule has 0 unspecified atom stereocenters. The SMILES string of the molecule is COC(=O)c1ccc(CN(CC2CC2)C(=O)c2ncc(Oc3ccccc3OC)cn2)cc1. The van der Waals surface area contributed by atoms with E-state index in [0.29, 0.717) is 41.8 Å². The van der Waals surface area contributed by atoms with Gasteiger partial charge < -0.3 is 19.1 Å². The van der Waals surface area contributed by atoms with Crippen LogP contribution in [0.2, 0.25) is 0 Å². The van der Waals surface area contributed by atoms with Gasteiger partial charge in [-0.05, 0) is 48.6 Å². The van der Waals surface area contributed by atoms with E-state index in [2.05, 4.69) is 9.97 Å². The summed E-state index contributed by atoms with van der Waals surface area (Å²) in [5.41, 5.74) is 1.38. The highest BCUT2D eigenvalue weighted by Gasteiger charge is 2.28. The summed E-state index contributed by atoms with van der Waals surface area (Å²) in [6.45, 7) is 1.04. The molecule has 3 aromatic rings. The molecule has 2 aromatic carbocycles. The summed E-state index contributed by atoms with van der Waals surface area (Å²) in [6, 6.07) is 14.3. The van der Waals surface area contributed by atoms with Gasteiger partial charge in [-0.15, -0.1) is 0 Å². The van der Waals surface area contributed by atoms with Crippen LogP contribution in [-0.4, -0.2) is 47.5 Å². The molecule has 1 aliphatic carbocycles. The van der Waals surface area contributed by atoms with E-state index in [1.54, 1.807) is 36.3 Å². The van der Waals surface area contributed by atoms with Crippen molar-refractivity contribution in [2.75, 3.05) is 20.8 Å². The molecule has 0 saturated heterocycles. The molecule has 33 heavy (non-hydrogen) atoms. The molecule has 0 bridgehead atoms. The van der Waals surface area contributed by atoms with Crippen LogP contribution in [0.25, 0.3) is 0 Å². The molecule has 0 spiro atoms. The minimum absolute atomic E-state index is 0.106. The molecule has 1 heterocycles. The fraction of sp³-hybridized carbons (Fsp3) is 0.280. The van der Waals surface area contributed by atoms with Gasteiger partial charge in [0.15, 0.2) is 17.2 Å². The van der Waals surface area contributed by atoms with Crippen molar-refractivity contribution in [3.63, 3.8) is 0 Å². The second kappa shape index (κ2) is 10.1. The Morgan fingerprint density at radius 2 is 1.64 bits per heavy atom. The number of carbonyl (C=O) groups is 2. The highest BCUT2D eigenvalue weighted by molar-refractivity contribution is 5.91. The molecule has 1 aliphatic rings. The van der Waals surface area contributed by atoms with E-state index in [4.69, 9.17) is 14.2 Å². The second-order valence-electron chi connectivity index (χ2n) is 7.81. The van der Waals surface area contributed by atoms with Gasteiger partial charge in [0.25, 0.3) is 5.91 Å². The number of benzene rings is 2. The van der Waals surface area contributed by atoms with Gasteiger partial charge in [0, 0.05) is 13.1 Å². The van der Waals surface area contributed by atoms with E-state index in [0.717, 1.165) is 18.4 Å². The lowest BCUT2D eigenvalue weighted by atomic mass is 10.1. The van der Waals surface area contributed by atoms with Gasteiger partial charge in [-0.25, -0.2) is 14.8 Å². The van der Waals surface area contributed by atoms with E-state index in [1.165, 1.54) is 19.5 Å². The summed E-state index contributed by atoms with van der Waals surface area (Å²) in [7, 11) is 2.91. The third kappa shape index (κ3) is 5.65. The first kappa shape index (κ1) is 22.3. The Labute approximate surface area is 192 Å². The predicted octanol–water partition coefficient (Wildman–Crippen LogP) is 4.12. The molecule has 8 heteroatoms. The van der Waals surface area contributed by atoms with Crippen molar-refractivity contribution in [2.45, 2.75) is 19.4 Å². The van der Waals surface area contributed by atoms with Gasteiger partial charge in [-0.3, -0.25) is 4.79 Å². The van der Waals surface area contributed by atoms with Crippen molar-refractivity contribution in [3.8, 4) is 17.2 Å². The number of carbonyl (C=O) groups excluding carboxylic acids is 2. The second-order valence-corrected chi connectivity index (χ2v) is 7.81. The van der Waals surface area contributed by atoms with Crippen molar-refractivity contribution in [2.24, 2.45) is 5.92 Å². The maximum Gasteiger partial charge on any atom is 0.337 e. The van der Waals surface area contributed by atoms with Crippen molar-refractivity contribution >= 4 is 11.9 Å². The van der Waals surface area contributed by atoms with Crippen LogP contribution in [0.4, 0.5) is 0 Å². The van der Waals surface area contributed by atoms with Crippen LogP contribution in [0.1, 0.15) is 39.4 Å². The largest absolute Gasteiger partial charge is 0.493 e. The first-order chi connectivity index (χ1) is 16.1. The van der Waals surface area contributed by atoms with E-state index in [-0.39, 0.29) is 11.7 Å². The predicted molar refractivity (Wildman–Crippen MR) is 120 cm³/mol. The molecule has 170 valence electrons. The number of rotatable bonds is 9. The maximum absolute atomic E-state index is 13.2. The Balaban J connectivity index is 1.46. The van der Waals surface area contributed by atoms with Crippen LogP contribution in [0.15, 0.2) is 60.9 Å². The third-order valence-corrected chi connectivity index (χ3v) is 5.33. The van der Waals surface area contributed by atoms with Gasteiger partial charge in [-0.2, -0.15) is 0 Å². The standard InChI is InChI=1S/C25H25N3O5/c1-31-21-5-3-4-6-22(21)33-20-13-26-23(27-14-20)24(29)28(15-17-7-8-17)16-18-9-11-19(12-10-18)25(30)32-2/h3-6,9-14,17H,7-8,15-16H2,1-2H3. The summed E-state index contributed by atoms with van der Waals surface area (Å²) in [6.07, 6.45) is 5.18. The lowest BCUT2D eigenvalue weighted by Gasteiger charge is -2.22. The fourth-order valence-electron chi connectivity index (χ4n) is 3.37. The number of para-hydroxylation sites is 2. The molecule has 0 aliphatic heterocycles. The Morgan fingerprint density at radius 3 is 2.24 bits per heavy atom. The van der Waals surface area contributed by atoms with Crippen LogP contribution >= 0.6 is 0 Å². The fourth-order valence-corrected chi connectivity index (χ4v) is 3.37. The number of methoxy groups -OCH3 is 2. The molecule has 8 nitrogen and oxygen atoms in total. The number of aromatic nitrogens is 2. The number of hydrogen-bond donors (Lipinski definition) is 0. The smallest absolute Gasteiger partial charge is 0.337 e. The Kier molecular flexibility index (Phi) is 6.83. The zero-order valence-electron chi connectivity index (χ0n) is 18.6. The first-order valence-electron chi connectivity index (χ1n) is 10.7. The van der Waals surface area contributed by atoms with Crippen LogP contribution in [0.5, 0.6) is 17.2 Å². The summed E-state index contributed by atoms with van der Waals surface area (Å²) < 4.78 is 15.8. The van der Waals surface area contributed by atoms with Gasteiger partial charge in [-0.1, -0.05) is 24.3 Å². The highest BCUT2D eigenvalue weighted by Crippen LogP contribution is 2.31. The van der Waals surface area contributed by atoms with Crippen molar-refractivity contribution in [1.82, 2.24) is 14.9 Å². The Hall–Kier alpha value is -3.94. The highest BCUT2D eigenvalue weighted by atomic mass is 16.5. The summed E-state index contributed by atoms with van der Waals surface area (Å²) in [4.78, 5) is 35.1. The number of esters is 1. The zero-order chi connectivity index (χ0) is 23.2. The number of hydrogen-bond acceptors (Lipinski definition) is 7. The molecule has 1 saturated carbocycles. The number of nitrogens with zero attached hydrogens (tertiary/aromatic N) is 3. The van der Waals surface area contributed by atoms with E-state index >= 15 is 0 Å². The molecule has 1 amide bonds. The van der Waals surface area contributed by atoms with Crippen molar-refractivity contribution < 1.29 is 23.8 Å². The average Bonchev–Trinajstić information content (AvgIpc) is 3.68. The van der Waals surface area contributed by atoms with Crippen molar-refractivity contribution in [1.29, 1.82) is 0 Å². The van der Waals surface area contributed by atoms with Crippen LogP contribution in [0.3, 0.4) is 0 Å². The van der Waals surface area contributed by atoms with Crippen LogP contribution in [0, 0.1) is 5.92 Å². The van der Waals surface area contributed by atoms with Gasteiger partial charge in [0.1, 0.15) is 0 Å². The lowest BCUT2D eigenvalue weighted by Crippen LogP contribution is -2.33. The molecular weight excluding hydrogens is 422 g/mol. The van der Waals surface area contributed by atoms with Gasteiger partial charge in [0.2, 0.25) is 5.82 Å². The minimum Gasteiger partial charge on any atom is -0.493 e. The van der Waals surface area contributed by atoms with Gasteiger partial charge >= 0.3 is 5.97 Å². The monoisotopic (exact) mass is 447 g/mol. The van der Waals surface area contributed by atoms with Crippen molar-refractivity contribution in [3.05, 3.63) is 77.9 Å².